The molecule has 0 fully saturated rings. The van der Waals surface area contributed by atoms with E-state index in [4.69, 9.17) is 10.00 Å². The number of aryl methyl sites for hydroxylation is 1. The highest BCUT2D eigenvalue weighted by Crippen LogP contribution is 2.17. The van der Waals surface area contributed by atoms with E-state index in [-0.39, 0.29) is 17.0 Å². The molecule has 1 aromatic rings. The Morgan fingerprint density at radius 1 is 1.30 bits per heavy atom. The van der Waals surface area contributed by atoms with E-state index in [0.717, 1.165) is 0 Å². The minimum atomic E-state index is -3.66. The number of nitriles is 1. The van der Waals surface area contributed by atoms with Crippen molar-refractivity contribution in [3.8, 4) is 6.07 Å². The van der Waals surface area contributed by atoms with Gasteiger partial charge in [-0.05, 0) is 18.6 Å². The largest absolute Gasteiger partial charge is 0.383 e. The summed E-state index contributed by atoms with van der Waals surface area (Å²) < 4.78 is 31.6. The van der Waals surface area contributed by atoms with E-state index in [1.807, 2.05) is 6.07 Å². The summed E-state index contributed by atoms with van der Waals surface area (Å²) in [5.74, 6) is 0. The molecule has 110 valence electrons. The van der Waals surface area contributed by atoms with E-state index in [1.165, 1.54) is 6.07 Å². The van der Waals surface area contributed by atoms with Crippen molar-refractivity contribution in [1.29, 1.82) is 5.26 Å². The molecule has 0 saturated carbocycles. The molecule has 0 saturated heterocycles. The second kappa shape index (κ2) is 7.97. The second-order valence-corrected chi connectivity index (χ2v) is 5.94. The van der Waals surface area contributed by atoms with Crippen LogP contribution in [0.2, 0.25) is 0 Å². The highest BCUT2D eigenvalue weighted by molar-refractivity contribution is 7.89. The van der Waals surface area contributed by atoms with Crippen LogP contribution < -0.4 is 10.0 Å². The molecule has 0 aliphatic rings. The molecule has 1 rings (SSSR count). The number of ether oxygens (including phenoxy) is 1. The maximum Gasteiger partial charge on any atom is 0.241 e. The molecule has 20 heavy (non-hydrogen) atoms. The van der Waals surface area contributed by atoms with Gasteiger partial charge < -0.3 is 10.1 Å². The van der Waals surface area contributed by atoms with Gasteiger partial charge in [0.25, 0.3) is 0 Å². The Bertz CT molecular complexity index is 579. The van der Waals surface area contributed by atoms with E-state index in [2.05, 4.69) is 10.0 Å². The maximum atomic E-state index is 12.1. The first kappa shape index (κ1) is 16.6. The van der Waals surface area contributed by atoms with Crippen molar-refractivity contribution in [1.82, 2.24) is 10.0 Å². The van der Waals surface area contributed by atoms with Crippen LogP contribution in [0, 0.1) is 18.3 Å². The van der Waals surface area contributed by atoms with E-state index >= 15 is 0 Å². The van der Waals surface area contributed by atoms with Crippen LogP contribution in [0.5, 0.6) is 0 Å². The number of rotatable bonds is 8. The van der Waals surface area contributed by atoms with Crippen molar-refractivity contribution in [3.05, 3.63) is 29.3 Å². The van der Waals surface area contributed by atoms with E-state index in [0.29, 0.717) is 25.3 Å². The average molecular weight is 297 g/mol. The molecule has 0 radical (unpaired) electrons. The molecule has 7 heteroatoms. The van der Waals surface area contributed by atoms with Crippen LogP contribution in [0.1, 0.15) is 11.1 Å². The van der Waals surface area contributed by atoms with Gasteiger partial charge in [-0.15, -0.1) is 0 Å². The first-order chi connectivity index (χ1) is 9.53. The number of methoxy groups -OCH3 is 1. The molecule has 0 aromatic heterocycles. The first-order valence-electron chi connectivity index (χ1n) is 6.22. The summed E-state index contributed by atoms with van der Waals surface area (Å²) in [6, 6.07) is 6.71. The van der Waals surface area contributed by atoms with Gasteiger partial charge in [-0.2, -0.15) is 5.26 Å². The average Bonchev–Trinajstić information content (AvgIpc) is 2.42. The van der Waals surface area contributed by atoms with E-state index < -0.39 is 10.0 Å². The fraction of sp³-hybridized carbons (Fsp3) is 0.462. The molecule has 0 atom stereocenters. The summed E-state index contributed by atoms with van der Waals surface area (Å²) in [4.78, 5) is 0.0249. The molecule has 0 aliphatic carbocycles. The molecule has 0 spiro atoms. The van der Waals surface area contributed by atoms with Crippen molar-refractivity contribution in [2.24, 2.45) is 0 Å². The predicted molar refractivity (Wildman–Crippen MR) is 75.8 cm³/mol. The van der Waals surface area contributed by atoms with Gasteiger partial charge in [0.05, 0.1) is 17.1 Å². The molecule has 0 bridgehead atoms. The molecule has 2 N–H and O–H groups in total. The fourth-order valence-corrected chi connectivity index (χ4v) is 2.92. The van der Waals surface area contributed by atoms with Crippen LogP contribution in [0.25, 0.3) is 0 Å². The zero-order valence-electron chi connectivity index (χ0n) is 11.6. The normalized spacial score (nSPS) is 11.2. The van der Waals surface area contributed by atoms with Crippen LogP contribution in [-0.4, -0.2) is 41.8 Å². The quantitative estimate of drug-likeness (QED) is 0.677. The van der Waals surface area contributed by atoms with Gasteiger partial charge in [0.15, 0.2) is 0 Å². The van der Waals surface area contributed by atoms with Gasteiger partial charge in [0.2, 0.25) is 10.0 Å². The van der Waals surface area contributed by atoms with Crippen molar-refractivity contribution in [2.75, 3.05) is 33.4 Å². The Balaban J connectivity index is 2.66. The van der Waals surface area contributed by atoms with Crippen molar-refractivity contribution in [2.45, 2.75) is 11.8 Å². The monoisotopic (exact) mass is 297 g/mol. The Kier molecular flexibility index (Phi) is 6.61. The predicted octanol–water partition coefficient (Wildman–Crippen LogP) is 0.381. The van der Waals surface area contributed by atoms with Crippen LogP contribution in [0.15, 0.2) is 23.1 Å². The summed E-state index contributed by atoms with van der Waals surface area (Å²) in [7, 11) is -2.06. The summed E-state index contributed by atoms with van der Waals surface area (Å²) in [5, 5.41) is 12.1. The van der Waals surface area contributed by atoms with Gasteiger partial charge in [0.1, 0.15) is 6.07 Å². The summed E-state index contributed by atoms with van der Waals surface area (Å²) in [6.45, 7) is 3.69. The third-order valence-corrected chi connectivity index (χ3v) is 4.22. The van der Waals surface area contributed by atoms with Crippen LogP contribution >= 0.6 is 0 Å². The molecule has 0 unspecified atom stereocenters. The lowest BCUT2D eigenvalue weighted by Crippen LogP contribution is -2.33. The number of hydrogen-bond donors (Lipinski definition) is 2. The SMILES string of the molecule is COCCNCCNS(=O)(=O)c1cccc(C)c1C#N. The van der Waals surface area contributed by atoms with Crippen molar-refractivity contribution in [3.63, 3.8) is 0 Å². The zero-order valence-corrected chi connectivity index (χ0v) is 12.5. The highest BCUT2D eigenvalue weighted by atomic mass is 32.2. The van der Waals surface area contributed by atoms with E-state index in [9.17, 15) is 8.42 Å². The summed E-state index contributed by atoms with van der Waals surface area (Å²) in [6.07, 6.45) is 0. The minimum Gasteiger partial charge on any atom is -0.383 e. The zero-order chi connectivity index (χ0) is 15.0. The summed E-state index contributed by atoms with van der Waals surface area (Å²) >= 11 is 0. The molecule has 1 aromatic carbocycles. The smallest absolute Gasteiger partial charge is 0.241 e. The Morgan fingerprint density at radius 2 is 2.05 bits per heavy atom. The lowest BCUT2D eigenvalue weighted by atomic mass is 10.1. The fourth-order valence-electron chi connectivity index (χ4n) is 1.66. The van der Waals surface area contributed by atoms with Gasteiger partial charge in [0, 0.05) is 26.7 Å². The Labute approximate surface area is 119 Å². The highest BCUT2D eigenvalue weighted by Gasteiger charge is 2.18. The number of nitrogens with one attached hydrogen (secondary N) is 2. The van der Waals surface area contributed by atoms with Crippen LogP contribution in [0.4, 0.5) is 0 Å². The van der Waals surface area contributed by atoms with E-state index in [1.54, 1.807) is 26.2 Å². The standard InChI is InChI=1S/C13H19N3O3S/c1-11-4-3-5-13(12(11)10-14)20(17,18)16-7-6-15-8-9-19-2/h3-5,15-16H,6-9H2,1-2H3. The van der Waals surface area contributed by atoms with Gasteiger partial charge in [-0.3, -0.25) is 0 Å². The van der Waals surface area contributed by atoms with Crippen molar-refractivity contribution < 1.29 is 13.2 Å². The number of nitrogens with zero attached hydrogens (tertiary/aromatic N) is 1. The van der Waals surface area contributed by atoms with Gasteiger partial charge in [-0.25, -0.2) is 13.1 Å². The second-order valence-electron chi connectivity index (χ2n) is 4.20. The molecular formula is C13H19N3O3S. The molecule has 0 amide bonds. The third-order valence-electron chi connectivity index (χ3n) is 2.71. The topological polar surface area (TPSA) is 91.2 Å². The Hall–Kier alpha value is -1.46. The molecule has 6 nitrogen and oxygen atoms in total. The first-order valence-corrected chi connectivity index (χ1v) is 7.70. The minimum absolute atomic E-state index is 0.0249. The maximum absolute atomic E-state index is 12.1. The lowest BCUT2D eigenvalue weighted by Gasteiger charge is -2.10. The van der Waals surface area contributed by atoms with Crippen LogP contribution in [-0.2, 0) is 14.8 Å². The number of hydrogen-bond acceptors (Lipinski definition) is 5. The third kappa shape index (κ3) is 4.58. The number of benzene rings is 1. The molecule has 0 heterocycles. The lowest BCUT2D eigenvalue weighted by molar-refractivity contribution is 0.199. The van der Waals surface area contributed by atoms with Crippen molar-refractivity contribution >= 4 is 10.0 Å². The molecular weight excluding hydrogens is 278 g/mol. The number of sulfonamides is 1. The summed E-state index contributed by atoms with van der Waals surface area (Å²) in [5.41, 5.74) is 0.834. The van der Waals surface area contributed by atoms with Gasteiger partial charge in [-0.1, -0.05) is 12.1 Å². The molecule has 0 aliphatic heterocycles. The Morgan fingerprint density at radius 3 is 2.70 bits per heavy atom. The van der Waals surface area contributed by atoms with Crippen LogP contribution in [0.3, 0.4) is 0 Å². The van der Waals surface area contributed by atoms with Gasteiger partial charge >= 0.3 is 0 Å².